The van der Waals surface area contributed by atoms with E-state index < -0.39 is 21.5 Å². The number of hydrogen-bond donors (Lipinski definition) is 0. The van der Waals surface area contributed by atoms with Gasteiger partial charge in [-0.1, -0.05) is 82.7 Å². The first-order valence-corrected chi connectivity index (χ1v) is 12.8. The van der Waals surface area contributed by atoms with Gasteiger partial charge < -0.3 is 4.53 Å². The van der Waals surface area contributed by atoms with Crippen LogP contribution in [-0.4, -0.2) is 19.5 Å². The van der Waals surface area contributed by atoms with Gasteiger partial charge in [-0.25, -0.2) is 4.98 Å². The molecule has 0 radical (unpaired) electrons. The second-order valence-corrected chi connectivity index (χ2v) is 12.2. The summed E-state index contributed by atoms with van der Waals surface area (Å²) < 4.78 is 49.7. The summed E-state index contributed by atoms with van der Waals surface area (Å²) in [5, 5.41) is 0.0282. The van der Waals surface area contributed by atoms with Gasteiger partial charge in [-0.3, -0.25) is 0 Å². The molecule has 1 aromatic carbocycles. The lowest BCUT2D eigenvalue weighted by Crippen LogP contribution is -2.41. The Morgan fingerprint density at radius 3 is 2.13 bits per heavy atom. The van der Waals surface area contributed by atoms with Crippen LogP contribution < -0.4 is 4.53 Å². The molecular formula is C22H28ClF3N2OSSi. The molecule has 0 aliphatic heterocycles. The molecule has 0 aliphatic rings. The first-order chi connectivity index (χ1) is 14.4. The topological polar surface area (TPSA) is 27.1 Å². The Morgan fingerprint density at radius 1 is 1.00 bits per heavy atom. The Hall–Kier alpha value is -1.51. The van der Waals surface area contributed by atoms with E-state index >= 15 is 0 Å². The fourth-order valence-corrected chi connectivity index (χ4v) is 7.46. The van der Waals surface area contributed by atoms with Gasteiger partial charge in [0.25, 0.3) is 9.76 Å². The number of thiazole rings is 1. The normalized spacial score (nSPS) is 13.6. The minimum atomic E-state index is -4.46. The van der Waals surface area contributed by atoms with Crippen LogP contribution in [-0.2, 0) is 6.18 Å². The van der Waals surface area contributed by atoms with Crippen LogP contribution in [0, 0.1) is 17.8 Å². The van der Waals surface area contributed by atoms with Crippen molar-refractivity contribution in [1.82, 2.24) is 9.71 Å². The van der Waals surface area contributed by atoms with E-state index in [0.717, 1.165) is 6.07 Å². The number of rotatable bonds is 7. The second-order valence-electron chi connectivity index (χ2n) is 8.88. The monoisotopic (exact) mass is 488 g/mol. The Labute approximate surface area is 192 Å². The van der Waals surface area contributed by atoms with Crippen molar-refractivity contribution in [2.75, 3.05) is 0 Å². The van der Waals surface area contributed by atoms with Crippen molar-refractivity contribution < 1.29 is 17.7 Å². The molecule has 0 N–H and O–H groups in total. The largest absolute Gasteiger partial charge is 0.475 e. The molecule has 0 atom stereocenters. The number of halogens is 4. The van der Waals surface area contributed by atoms with Crippen LogP contribution in [0.15, 0.2) is 30.5 Å². The zero-order valence-electron chi connectivity index (χ0n) is 18.5. The number of nitrogens with zero attached hydrogens (tertiary/aromatic N) is 2. The number of aromatic nitrogens is 2. The molecule has 0 aliphatic carbocycles. The van der Waals surface area contributed by atoms with Crippen LogP contribution in [0.2, 0.25) is 9.51 Å². The molecule has 31 heavy (non-hydrogen) atoms. The van der Waals surface area contributed by atoms with E-state index in [1.54, 1.807) is 17.0 Å². The Balaban J connectivity index is 2.10. The fraction of sp³-hybridized carbons (Fsp3) is 0.500. The van der Waals surface area contributed by atoms with Gasteiger partial charge in [-0.15, -0.1) is 0 Å². The zero-order chi connectivity index (χ0) is 23.1. The maximum absolute atomic E-state index is 13.6. The molecular weight excluding hydrogens is 461 g/mol. The first kappa shape index (κ1) is 24.1. The molecule has 3 nitrogen and oxygen atoms in total. The van der Waals surface area contributed by atoms with Gasteiger partial charge in [0.15, 0.2) is 10.1 Å². The van der Waals surface area contributed by atoms with E-state index in [2.05, 4.69) is 46.5 Å². The van der Waals surface area contributed by atoms with Crippen LogP contribution >= 0.6 is 22.9 Å². The van der Waals surface area contributed by atoms with Gasteiger partial charge in [0.05, 0.1) is 16.5 Å². The van der Waals surface area contributed by atoms with Crippen LogP contribution in [0.4, 0.5) is 13.2 Å². The van der Waals surface area contributed by atoms with Crippen LogP contribution in [0.25, 0.3) is 21.5 Å². The standard InChI is InChI=1S/C22H28ClF3N2OSSi/c1-12(2)21(13(3)4,14(5)6)31-29-28-11-16(18-19(28)27-20(23)30-18)15-9-7-8-10-17(15)22(24,25)26/h7-14H,31H2,1-6H3. The highest BCUT2D eigenvalue weighted by atomic mass is 35.5. The molecule has 0 saturated carbocycles. The van der Waals surface area contributed by atoms with Crippen LogP contribution in [0.5, 0.6) is 0 Å². The van der Waals surface area contributed by atoms with Crippen molar-refractivity contribution >= 4 is 43.0 Å². The summed E-state index contributed by atoms with van der Waals surface area (Å²) in [6.45, 7) is 13.3. The summed E-state index contributed by atoms with van der Waals surface area (Å²) in [5.74, 6) is 1.24. The minimum absolute atomic E-state index is 0.0282. The average molecular weight is 489 g/mol. The number of alkyl halides is 3. The van der Waals surface area contributed by atoms with Gasteiger partial charge in [-0.05, 0) is 29.4 Å². The number of hydrogen-bond acceptors (Lipinski definition) is 3. The smallest absolute Gasteiger partial charge is 0.417 e. The second kappa shape index (κ2) is 8.79. The van der Waals surface area contributed by atoms with E-state index in [9.17, 15) is 13.2 Å². The first-order valence-electron chi connectivity index (χ1n) is 10.4. The Morgan fingerprint density at radius 2 is 1.58 bits per heavy atom. The number of fused-ring (bicyclic) bond motifs is 1. The molecule has 9 heteroatoms. The maximum Gasteiger partial charge on any atom is 0.417 e. The summed E-state index contributed by atoms with van der Waals surface area (Å²) in [6, 6.07) is 5.57. The van der Waals surface area contributed by atoms with E-state index in [4.69, 9.17) is 16.1 Å². The summed E-state index contributed by atoms with van der Waals surface area (Å²) in [7, 11) is -1.14. The highest BCUT2D eigenvalue weighted by molar-refractivity contribution is 7.22. The molecule has 0 spiro atoms. The summed E-state index contributed by atoms with van der Waals surface area (Å²) >= 11 is 7.32. The van der Waals surface area contributed by atoms with E-state index in [1.165, 1.54) is 23.5 Å². The van der Waals surface area contributed by atoms with Crippen molar-refractivity contribution in [3.05, 3.63) is 40.5 Å². The van der Waals surface area contributed by atoms with E-state index in [0.29, 0.717) is 33.7 Å². The highest BCUT2D eigenvalue weighted by Crippen LogP contribution is 2.49. The molecule has 0 saturated heterocycles. The van der Waals surface area contributed by atoms with Crippen LogP contribution in [0.1, 0.15) is 47.1 Å². The lowest BCUT2D eigenvalue weighted by atomic mass is 9.76. The van der Waals surface area contributed by atoms with Crippen molar-refractivity contribution in [1.29, 1.82) is 0 Å². The predicted octanol–water partition coefficient (Wildman–Crippen LogP) is 7.08. The lowest BCUT2D eigenvalue weighted by Gasteiger charge is -2.44. The molecule has 3 rings (SSSR count). The minimum Gasteiger partial charge on any atom is -0.475 e. The van der Waals surface area contributed by atoms with Crippen molar-refractivity contribution in [3.63, 3.8) is 0 Å². The Kier molecular flexibility index (Phi) is 6.84. The van der Waals surface area contributed by atoms with Gasteiger partial charge in [0.2, 0.25) is 0 Å². The summed E-state index contributed by atoms with van der Waals surface area (Å²) in [4.78, 5) is 4.35. The van der Waals surface area contributed by atoms with Gasteiger partial charge in [0.1, 0.15) is 0 Å². The quantitative estimate of drug-likeness (QED) is 0.332. The fourth-order valence-electron chi connectivity index (χ4n) is 4.79. The summed E-state index contributed by atoms with van der Waals surface area (Å²) in [5.41, 5.74) is 0.328. The van der Waals surface area contributed by atoms with E-state index in [1.807, 2.05) is 0 Å². The predicted molar refractivity (Wildman–Crippen MR) is 125 cm³/mol. The average Bonchev–Trinajstić information content (AvgIpc) is 3.18. The van der Waals surface area contributed by atoms with Crippen molar-refractivity contribution in [2.24, 2.45) is 17.8 Å². The maximum atomic E-state index is 13.6. The molecule has 170 valence electrons. The third-order valence-corrected chi connectivity index (χ3v) is 11.0. The van der Waals surface area contributed by atoms with E-state index in [-0.39, 0.29) is 15.1 Å². The third-order valence-electron chi connectivity index (χ3n) is 6.48. The third kappa shape index (κ3) is 4.39. The van der Waals surface area contributed by atoms with Gasteiger partial charge in [0, 0.05) is 10.6 Å². The molecule has 3 aromatic rings. The Bertz CT molecular complexity index is 1040. The zero-order valence-corrected chi connectivity index (χ0v) is 21.5. The lowest BCUT2D eigenvalue weighted by molar-refractivity contribution is -0.137. The molecule has 0 unspecified atom stereocenters. The molecule has 0 fully saturated rings. The highest BCUT2D eigenvalue weighted by Gasteiger charge is 2.42. The number of benzene rings is 1. The van der Waals surface area contributed by atoms with Gasteiger partial charge in [-0.2, -0.15) is 17.9 Å². The van der Waals surface area contributed by atoms with Crippen molar-refractivity contribution in [3.8, 4) is 11.1 Å². The van der Waals surface area contributed by atoms with Gasteiger partial charge >= 0.3 is 6.18 Å². The summed E-state index contributed by atoms with van der Waals surface area (Å²) in [6.07, 6.45) is -2.83. The van der Waals surface area contributed by atoms with Crippen LogP contribution in [0.3, 0.4) is 0 Å². The van der Waals surface area contributed by atoms with Crippen molar-refractivity contribution in [2.45, 2.75) is 52.8 Å². The molecule has 2 heterocycles. The molecule has 2 aromatic heterocycles. The SMILES string of the molecule is CC(C)C([SiH2]On1cc(-c2ccccc2C(F)(F)F)c2sc(Cl)nc21)(C(C)C)C(C)C. The molecule has 0 amide bonds. The molecule has 0 bridgehead atoms.